The second-order valence-corrected chi connectivity index (χ2v) is 4.03. The third-order valence-electron chi connectivity index (χ3n) is 1.17. The van der Waals surface area contributed by atoms with Crippen LogP contribution in [0.1, 0.15) is 0 Å². The Hall–Kier alpha value is -0.390. The zero-order chi connectivity index (χ0) is 8.97. The normalized spacial score (nSPS) is 9.83. The summed E-state index contributed by atoms with van der Waals surface area (Å²) in [6.07, 6.45) is 0. The predicted octanol–water partition coefficient (Wildman–Crippen LogP) is 1.67. The number of halogens is 1. The SMILES string of the molecule is CNCC(=O)Nc1cc(Br)cs1. The number of thiophene rings is 1. The summed E-state index contributed by atoms with van der Waals surface area (Å²) in [5.41, 5.74) is 0. The lowest BCUT2D eigenvalue weighted by Gasteiger charge is -1.99. The summed E-state index contributed by atoms with van der Waals surface area (Å²) in [6, 6.07) is 1.87. The number of amides is 1. The van der Waals surface area contributed by atoms with Gasteiger partial charge in [0.1, 0.15) is 0 Å². The number of nitrogens with one attached hydrogen (secondary N) is 2. The molecule has 0 aliphatic heterocycles. The summed E-state index contributed by atoms with van der Waals surface area (Å²) >= 11 is 4.80. The van der Waals surface area contributed by atoms with Gasteiger partial charge in [-0.1, -0.05) is 0 Å². The van der Waals surface area contributed by atoms with Crippen molar-refractivity contribution in [2.24, 2.45) is 0 Å². The Labute approximate surface area is 83.3 Å². The van der Waals surface area contributed by atoms with Crippen LogP contribution >= 0.6 is 27.3 Å². The Bertz CT molecular complexity index is 274. The smallest absolute Gasteiger partial charge is 0.238 e. The van der Waals surface area contributed by atoms with Gasteiger partial charge in [0, 0.05) is 9.85 Å². The molecule has 0 bridgehead atoms. The van der Waals surface area contributed by atoms with E-state index in [0.717, 1.165) is 9.47 Å². The van der Waals surface area contributed by atoms with E-state index in [9.17, 15) is 4.79 Å². The molecule has 12 heavy (non-hydrogen) atoms. The van der Waals surface area contributed by atoms with E-state index in [4.69, 9.17) is 0 Å². The summed E-state index contributed by atoms with van der Waals surface area (Å²) in [5.74, 6) is -0.0214. The summed E-state index contributed by atoms with van der Waals surface area (Å²) < 4.78 is 0.993. The van der Waals surface area contributed by atoms with E-state index < -0.39 is 0 Å². The largest absolute Gasteiger partial charge is 0.317 e. The van der Waals surface area contributed by atoms with Crippen molar-refractivity contribution in [2.75, 3.05) is 18.9 Å². The molecule has 0 aromatic carbocycles. The molecule has 1 aromatic rings. The standard InChI is InChI=1S/C7H9BrN2OS/c1-9-3-6(11)10-7-2-5(8)4-12-7/h2,4,9H,3H2,1H3,(H,10,11). The molecule has 1 rings (SSSR count). The molecular formula is C7H9BrN2OS. The van der Waals surface area contributed by atoms with E-state index in [1.807, 2.05) is 11.4 Å². The lowest BCUT2D eigenvalue weighted by Crippen LogP contribution is -2.24. The maximum atomic E-state index is 11.0. The van der Waals surface area contributed by atoms with E-state index in [1.165, 1.54) is 11.3 Å². The molecule has 0 saturated heterocycles. The molecule has 3 nitrogen and oxygen atoms in total. The van der Waals surface area contributed by atoms with Crippen LogP contribution in [0.4, 0.5) is 5.00 Å². The quantitative estimate of drug-likeness (QED) is 0.855. The fourth-order valence-electron chi connectivity index (χ4n) is 0.721. The number of hydrogen-bond acceptors (Lipinski definition) is 3. The molecule has 5 heteroatoms. The maximum absolute atomic E-state index is 11.0. The van der Waals surface area contributed by atoms with Crippen LogP contribution in [0, 0.1) is 0 Å². The van der Waals surface area contributed by atoms with E-state index in [2.05, 4.69) is 26.6 Å². The number of anilines is 1. The van der Waals surface area contributed by atoms with Gasteiger partial charge >= 0.3 is 0 Å². The summed E-state index contributed by atoms with van der Waals surface area (Å²) in [5, 5.41) is 8.31. The van der Waals surface area contributed by atoms with Crippen molar-refractivity contribution >= 4 is 38.2 Å². The van der Waals surface area contributed by atoms with Crippen LogP contribution in [0.3, 0.4) is 0 Å². The molecule has 0 spiro atoms. The molecule has 0 aliphatic rings. The number of rotatable bonds is 3. The first-order valence-electron chi connectivity index (χ1n) is 3.41. The van der Waals surface area contributed by atoms with Crippen molar-refractivity contribution in [3.05, 3.63) is 15.9 Å². The highest BCUT2D eigenvalue weighted by atomic mass is 79.9. The molecule has 1 heterocycles. The molecule has 0 saturated carbocycles. The van der Waals surface area contributed by atoms with E-state index >= 15 is 0 Å². The van der Waals surface area contributed by atoms with Crippen LogP contribution < -0.4 is 10.6 Å². The van der Waals surface area contributed by atoms with Crippen molar-refractivity contribution in [1.82, 2.24) is 5.32 Å². The second kappa shape index (κ2) is 4.59. The first kappa shape index (κ1) is 9.70. The van der Waals surface area contributed by atoms with Gasteiger partial charge in [0.25, 0.3) is 0 Å². The molecule has 0 aliphatic carbocycles. The van der Waals surface area contributed by atoms with Crippen LogP contribution in [-0.4, -0.2) is 19.5 Å². The summed E-state index contributed by atoms with van der Waals surface area (Å²) in [7, 11) is 1.74. The van der Waals surface area contributed by atoms with Crippen LogP contribution in [-0.2, 0) is 4.79 Å². The minimum atomic E-state index is -0.0214. The maximum Gasteiger partial charge on any atom is 0.238 e. The first-order chi connectivity index (χ1) is 5.72. The zero-order valence-electron chi connectivity index (χ0n) is 6.56. The van der Waals surface area contributed by atoms with Crippen LogP contribution in [0.25, 0.3) is 0 Å². The molecule has 66 valence electrons. The van der Waals surface area contributed by atoms with E-state index in [0.29, 0.717) is 6.54 Å². The molecule has 1 amide bonds. The predicted molar refractivity (Wildman–Crippen MR) is 54.6 cm³/mol. The Balaban J connectivity index is 2.46. The third kappa shape index (κ3) is 2.92. The number of carbonyl (C=O) groups is 1. The second-order valence-electron chi connectivity index (χ2n) is 2.21. The van der Waals surface area contributed by atoms with Gasteiger partial charge in [0.2, 0.25) is 5.91 Å². The minimum absolute atomic E-state index is 0.0214. The lowest BCUT2D eigenvalue weighted by atomic mass is 10.5. The highest BCUT2D eigenvalue weighted by molar-refractivity contribution is 9.10. The first-order valence-corrected chi connectivity index (χ1v) is 5.08. The van der Waals surface area contributed by atoms with Crippen molar-refractivity contribution in [2.45, 2.75) is 0 Å². The lowest BCUT2D eigenvalue weighted by molar-refractivity contribution is -0.115. The van der Waals surface area contributed by atoms with E-state index in [-0.39, 0.29) is 5.91 Å². The van der Waals surface area contributed by atoms with Gasteiger partial charge < -0.3 is 10.6 Å². The topological polar surface area (TPSA) is 41.1 Å². The fraction of sp³-hybridized carbons (Fsp3) is 0.286. The average Bonchev–Trinajstić information content (AvgIpc) is 2.36. The summed E-state index contributed by atoms with van der Waals surface area (Å²) in [4.78, 5) is 11.0. The summed E-state index contributed by atoms with van der Waals surface area (Å²) in [6.45, 7) is 0.343. The van der Waals surface area contributed by atoms with Crippen molar-refractivity contribution < 1.29 is 4.79 Å². The van der Waals surface area contributed by atoms with Crippen LogP contribution in [0.2, 0.25) is 0 Å². The van der Waals surface area contributed by atoms with E-state index in [1.54, 1.807) is 7.05 Å². The number of likely N-dealkylation sites (N-methyl/N-ethyl adjacent to an activating group) is 1. The fourth-order valence-corrected chi connectivity index (χ4v) is 2.06. The van der Waals surface area contributed by atoms with Crippen molar-refractivity contribution in [3.63, 3.8) is 0 Å². The average molecular weight is 249 g/mol. The van der Waals surface area contributed by atoms with Gasteiger partial charge in [0.05, 0.1) is 11.5 Å². The van der Waals surface area contributed by atoms with Crippen molar-refractivity contribution in [1.29, 1.82) is 0 Å². The van der Waals surface area contributed by atoms with Crippen LogP contribution in [0.5, 0.6) is 0 Å². The Morgan fingerprint density at radius 2 is 2.50 bits per heavy atom. The van der Waals surface area contributed by atoms with Gasteiger partial charge in [-0.25, -0.2) is 0 Å². The molecule has 0 radical (unpaired) electrons. The molecule has 1 aromatic heterocycles. The van der Waals surface area contributed by atoms with Gasteiger partial charge in [-0.05, 0) is 29.0 Å². The molecule has 0 atom stereocenters. The minimum Gasteiger partial charge on any atom is -0.317 e. The van der Waals surface area contributed by atoms with Crippen molar-refractivity contribution in [3.8, 4) is 0 Å². The van der Waals surface area contributed by atoms with Gasteiger partial charge in [0.15, 0.2) is 0 Å². The third-order valence-corrected chi connectivity index (χ3v) is 2.77. The molecular weight excluding hydrogens is 240 g/mol. The Morgan fingerprint density at radius 3 is 3.00 bits per heavy atom. The number of hydrogen-bond donors (Lipinski definition) is 2. The highest BCUT2D eigenvalue weighted by Crippen LogP contribution is 2.23. The molecule has 0 fully saturated rings. The zero-order valence-corrected chi connectivity index (χ0v) is 8.96. The monoisotopic (exact) mass is 248 g/mol. The Morgan fingerprint density at radius 1 is 1.75 bits per heavy atom. The number of carbonyl (C=O) groups excluding carboxylic acids is 1. The van der Waals surface area contributed by atoms with Crippen LogP contribution in [0.15, 0.2) is 15.9 Å². The Kier molecular flexibility index (Phi) is 3.71. The van der Waals surface area contributed by atoms with Gasteiger partial charge in [-0.15, -0.1) is 11.3 Å². The van der Waals surface area contributed by atoms with Gasteiger partial charge in [-0.2, -0.15) is 0 Å². The van der Waals surface area contributed by atoms with Gasteiger partial charge in [-0.3, -0.25) is 4.79 Å². The molecule has 0 unspecified atom stereocenters. The molecule has 2 N–H and O–H groups in total. The highest BCUT2D eigenvalue weighted by Gasteiger charge is 2.01.